The largest absolute Gasteiger partial charge is 0.505 e. The lowest BCUT2D eigenvalue weighted by Gasteiger charge is -2.24. The molecule has 4 rings (SSSR count). The third-order valence-electron chi connectivity index (χ3n) is 5.60. The summed E-state index contributed by atoms with van der Waals surface area (Å²) in [4.78, 5) is 34.0. The number of aryl methyl sites for hydroxylation is 3. The van der Waals surface area contributed by atoms with Crippen LogP contribution in [0.4, 0.5) is 0 Å². The molecule has 1 amide bonds. The first-order chi connectivity index (χ1) is 14.7. The number of Topliss-reactive ketones (excluding diaryl/α,β-unsaturated/α-hetero) is 1. The number of fused-ring (bicyclic) bond motifs is 1. The Hall–Kier alpha value is -3.39. The Balaban J connectivity index is 1.93. The number of furan rings is 1. The average Bonchev–Trinajstić information content (AvgIpc) is 3.35. The van der Waals surface area contributed by atoms with E-state index >= 15 is 0 Å². The number of pyridine rings is 1. The molecule has 0 aliphatic carbocycles. The maximum Gasteiger partial charge on any atom is 0.295 e. The number of carbonyl (C=O) groups is 2. The van der Waals surface area contributed by atoms with Crippen LogP contribution in [0.3, 0.4) is 0 Å². The number of hydrogen-bond acceptors (Lipinski definition) is 6. The van der Waals surface area contributed by atoms with Crippen molar-refractivity contribution in [3.63, 3.8) is 0 Å². The molecule has 0 bridgehead atoms. The van der Waals surface area contributed by atoms with Gasteiger partial charge >= 0.3 is 0 Å². The highest BCUT2D eigenvalue weighted by molar-refractivity contribution is 6.46. The maximum atomic E-state index is 13.1. The zero-order chi connectivity index (χ0) is 22.4. The first-order valence-electron chi connectivity index (χ1n) is 10.1. The SMILES string of the molecule is Cc1ccc(C2/C(=C(/O)c3c(C)nc4c(C)cccn34)C(=O)C(=O)N2CCN(C)C)o1. The van der Waals surface area contributed by atoms with E-state index < -0.39 is 17.7 Å². The van der Waals surface area contributed by atoms with Crippen LogP contribution < -0.4 is 0 Å². The lowest BCUT2D eigenvalue weighted by atomic mass is 10.0. The third kappa shape index (κ3) is 3.42. The summed E-state index contributed by atoms with van der Waals surface area (Å²) in [7, 11) is 3.79. The van der Waals surface area contributed by atoms with Gasteiger partial charge in [0.15, 0.2) is 5.76 Å². The second-order valence-corrected chi connectivity index (χ2v) is 8.17. The molecular weight excluding hydrogens is 396 g/mol. The minimum absolute atomic E-state index is 0.0181. The summed E-state index contributed by atoms with van der Waals surface area (Å²) in [6, 6.07) is 6.50. The molecule has 1 N–H and O–H groups in total. The minimum Gasteiger partial charge on any atom is -0.505 e. The van der Waals surface area contributed by atoms with Gasteiger partial charge in [0.2, 0.25) is 0 Å². The Bertz CT molecular complexity index is 1220. The van der Waals surface area contributed by atoms with Gasteiger partial charge in [0.1, 0.15) is 28.9 Å². The van der Waals surface area contributed by atoms with E-state index in [0.29, 0.717) is 41.6 Å². The Morgan fingerprint density at radius 3 is 2.58 bits per heavy atom. The van der Waals surface area contributed by atoms with E-state index in [1.165, 1.54) is 4.90 Å². The highest BCUT2D eigenvalue weighted by Crippen LogP contribution is 2.40. The third-order valence-corrected chi connectivity index (χ3v) is 5.60. The lowest BCUT2D eigenvalue weighted by Crippen LogP contribution is -2.35. The first kappa shape index (κ1) is 20.9. The highest BCUT2D eigenvalue weighted by Gasteiger charge is 2.47. The summed E-state index contributed by atoms with van der Waals surface area (Å²) in [5.74, 6) is -0.516. The topological polar surface area (TPSA) is 91.3 Å². The van der Waals surface area contributed by atoms with Crippen molar-refractivity contribution in [3.05, 3.63) is 64.5 Å². The van der Waals surface area contributed by atoms with Crippen molar-refractivity contribution in [1.29, 1.82) is 0 Å². The van der Waals surface area contributed by atoms with Crippen molar-refractivity contribution in [2.24, 2.45) is 0 Å². The molecule has 3 aromatic heterocycles. The average molecular weight is 422 g/mol. The van der Waals surface area contributed by atoms with Crippen molar-refractivity contribution in [2.75, 3.05) is 27.2 Å². The van der Waals surface area contributed by atoms with Crippen LogP contribution in [0, 0.1) is 20.8 Å². The second-order valence-electron chi connectivity index (χ2n) is 8.17. The summed E-state index contributed by atoms with van der Waals surface area (Å²) in [6.45, 7) is 6.39. The summed E-state index contributed by atoms with van der Waals surface area (Å²) in [6.07, 6.45) is 1.78. The lowest BCUT2D eigenvalue weighted by molar-refractivity contribution is -0.140. The van der Waals surface area contributed by atoms with Gasteiger partial charge in [-0.05, 0) is 58.6 Å². The fraction of sp³-hybridized carbons (Fsp3) is 0.348. The van der Waals surface area contributed by atoms with Gasteiger partial charge in [-0.1, -0.05) is 6.07 Å². The molecule has 1 fully saturated rings. The molecule has 4 heterocycles. The molecule has 8 heteroatoms. The summed E-state index contributed by atoms with van der Waals surface area (Å²) in [5.41, 5.74) is 2.62. The number of aromatic nitrogens is 2. The number of carbonyl (C=O) groups excluding carboxylic acids is 2. The number of imidazole rings is 1. The van der Waals surface area contributed by atoms with E-state index in [-0.39, 0.29) is 11.3 Å². The molecular formula is C23H26N4O4. The van der Waals surface area contributed by atoms with Gasteiger partial charge < -0.3 is 19.3 Å². The van der Waals surface area contributed by atoms with Gasteiger partial charge in [-0.25, -0.2) is 4.98 Å². The van der Waals surface area contributed by atoms with E-state index in [2.05, 4.69) is 4.98 Å². The Morgan fingerprint density at radius 1 is 1.19 bits per heavy atom. The second kappa shape index (κ2) is 7.70. The monoisotopic (exact) mass is 422 g/mol. The molecule has 0 aromatic carbocycles. The van der Waals surface area contributed by atoms with Crippen LogP contribution in [0.25, 0.3) is 11.4 Å². The van der Waals surface area contributed by atoms with E-state index in [1.54, 1.807) is 36.6 Å². The number of aliphatic hydroxyl groups is 1. The molecule has 0 spiro atoms. The van der Waals surface area contributed by atoms with Crippen molar-refractivity contribution in [1.82, 2.24) is 19.2 Å². The van der Waals surface area contributed by atoms with Crippen molar-refractivity contribution >= 4 is 23.1 Å². The predicted octanol–water partition coefficient (Wildman–Crippen LogP) is 2.84. The van der Waals surface area contributed by atoms with Crippen LogP contribution >= 0.6 is 0 Å². The highest BCUT2D eigenvalue weighted by atomic mass is 16.3. The van der Waals surface area contributed by atoms with Crippen LogP contribution in [0.2, 0.25) is 0 Å². The Kier molecular flexibility index (Phi) is 5.18. The fourth-order valence-electron chi connectivity index (χ4n) is 4.04. The van der Waals surface area contributed by atoms with Crippen LogP contribution in [-0.2, 0) is 9.59 Å². The van der Waals surface area contributed by atoms with E-state index in [0.717, 1.165) is 5.56 Å². The number of amides is 1. The fourth-order valence-corrected chi connectivity index (χ4v) is 4.04. The quantitative estimate of drug-likeness (QED) is 0.386. The molecule has 162 valence electrons. The van der Waals surface area contributed by atoms with Crippen molar-refractivity contribution in [2.45, 2.75) is 26.8 Å². The molecule has 0 saturated carbocycles. The standard InChI is InChI=1S/C23H26N4O4/c1-13-7-6-10-26-18(15(3)24-22(13)26)20(28)17-19(16-9-8-14(2)31-16)27(12-11-25(4)5)23(30)21(17)29/h6-10,19,28H,11-12H2,1-5H3/b20-17-. The smallest absolute Gasteiger partial charge is 0.295 e. The van der Waals surface area contributed by atoms with Crippen LogP contribution in [0.1, 0.15) is 34.5 Å². The number of hydrogen-bond donors (Lipinski definition) is 1. The summed E-state index contributed by atoms with van der Waals surface area (Å²) >= 11 is 0. The van der Waals surface area contributed by atoms with E-state index in [1.807, 2.05) is 38.1 Å². The van der Waals surface area contributed by atoms with Crippen LogP contribution in [0.15, 0.2) is 40.5 Å². The number of likely N-dealkylation sites (tertiary alicyclic amines) is 1. The zero-order valence-electron chi connectivity index (χ0n) is 18.3. The predicted molar refractivity (Wildman–Crippen MR) is 116 cm³/mol. The number of nitrogens with zero attached hydrogens (tertiary/aromatic N) is 4. The number of ketones is 1. The Morgan fingerprint density at radius 2 is 1.94 bits per heavy atom. The molecule has 1 saturated heterocycles. The van der Waals surface area contributed by atoms with E-state index in [4.69, 9.17) is 4.42 Å². The van der Waals surface area contributed by atoms with Gasteiger partial charge in [-0.15, -0.1) is 0 Å². The van der Waals surface area contributed by atoms with Gasteiger partial charge in [0.25, 0.3) is 11.7 Å². The van der Waals surface area contributed by atoms with Gasteiger partial charge in [-0.2, -0.15) is 0 Å². The zero-order valence-corrected chi connectivity index (χ0v) is 18.3. The molecule has 8 nitrogen and oxygen atoms in total. The van der Waals surface area contributed by atoms with Crippen molar-refractivity contribution < 1.29 is 19.1 Å². The number of likely N-dealkylation sites (N-methyl/N-ethyl adjacent to an activating group) is 1. The minimum atomic E-state index is -0.802. The number of aliphatic hydroxyl groups excluding tert-OH is 1. The molecule has 1 aliphatic rings. The molecule has 0 radical (unpaired) electrons. The van der Waals surface area contributed by atoms with Gasteiger partial charge in [-0.3, -0.25) is 14.0 Å². The molecule has 3 aromatic rings. The maximum absolute atomic E-state index is 13.1. The molecule has 1 atom stereocenters. The van der Waals surface area contributed by atoms with Gasteiger partial charge in [0.05, 0.1) is 11.3 Å². The van der Waals surface area contributed by atoms with Crippen molar-refractivity contribution in [3.8, 4) is 0 Å². The normalized spacial score (nSPS) is 18.6. The first-order valence-corrected chi connectivity index (χ1v) is 10.1. The molecule has 1 unspecified atom stereocenters. The number of rotatable bonds is 5. The Labute approximate surface area is 180 Å². The van der Waals surface area contributed by atoms with E-state index in [9.17, 15) is 14.7 Å². The van der Waals surface area contributed by atoms with Gasteiger partial charge in [0, 0.05) is 19.3 Å². The summed E-state index contributed by atoms with van der Waals surface area (Å²) < 4.78 is 7.56. The molecule has 1 aliphatic heterocycles. The summed E-state index contributed by atoms with van der Waals surface area (Å²) in [5, 5.41) is 11.4. The van der Waals surface area contributed by atoms with Crippen LogP contribution in [-0.4, -0.2) is 63.2 Å². The molecule has 31 heavy (non-hydrogen) atoms. The van der Waals surface area contributed by atoms with Crippen LogP contribution in [0.5, 0.6) is 0 Å².